The molecule has 0 amide bonds. The highest BCUT2D eigenvalue weighted by atomic mass is 16.3. The molecular formula is C49H34N2O. The SMILES string of the molecule is C=C(N=C(N=C(C)c1ccc(-c2ccccc2)cc1)c1cc2oc3ccc(-c4ccccc4)cc3c2c2ccccc12)c1cccc2ccccc12. The zero-order valence-electron chi connectivity index (χ0n) is 28.8. The zero-order chi connectivity index (χ0) is 35.0. The molecule has 1 heterocycles. The summed E-state index contributed by atoms with van der Waals surface area (Å²) < 4.78 is 6.61. The van der Waals surface area contributed by atoms with Crippen LogP contribution in [0.15, 0.2) is 197 Å². The van der Waals surface area contributed by atoms with E-state index in [-0.39, 0.29) is 0 Å². The first-order valence-electron chi connectivity index (χ1n) is 17.5. The summed E-state index contributed by atoms with van der Waals surface area (Å²) in [5.41, 5.74) is 10.7. The molecule has 3 nitrogen and oxygen atoms in total. The maximum absolute atomic E-state index is 6.61. The number of furan rings is 1. The third-order valence-corrected chi connectivity index (χ3v) is 9.85. The highest BCUT2D eigenvalue weighted by Gasteiger charge is 2.19. The number of amidine groups is 1. The average molecular weight is 667 g/mol. The van der Waals surface area contributed by atoms with E-state index in [2.05, 4.69) is 170 Å². The summed E-state index contributed by atoms with van der Waals surface area (Å²) in [7, 11) is 0. The van der Waals surface area contributed by atoms with Gasteiger partial charge in [-0.2, -0.15) is 0 Å². The van der Waals surface area contributed by atoms with E-state index in [1.165, 1.54) is 11.1 Å². The second-order valence-electron chi connectivity index (χ2n) is 13.1. The molecule has 52 heavy (non-hydrogen) atoms. The lowest BCUT2D eigenvalue weighted by atomic mass is 9.96. The van der Waals surface area contributed by atoms with E-state index < -0.39 is 0 Å². The lowest BCUT2D eigenvalue weighted by Gasteiger charge is -2.12. The average Bonchev–Trinajstić information content (AvgIpc) is 3.59. The van der Waals surface area contributed by atoms with Crippen molar-refractivity contribution in [1.82, 2.24) is 0 Å². The van der Waals surface area contributed by atoms with Crippen molar-refractivity contribution in [2.24, 2.45) is 9.98 Å². The molecule has 0 radical (unpaired) electrons. The minimum Gasteiger partial charge on any atom is -0.456 e. The molecule has 8 aromatic carbocycles. The summed E-state index contributed by atoms with van der Waals surface area (Å²) in [5, 5.41) is 6.53. The summed E-state index contributed by atoms with van der Waals surface area (Å²) in [6.45, 7) is 6.54. The van der Waals surface area contributed by atoms with E-state index >= 15 is 0 Å². The molecular weight excluding hydrogens is 633 g/mol. The van der Waals surface area contributed by atoms with Crippen molar-refractivity contribution in [1.29, 1.82) is 0 Å². The number of fused-ring (bicyclic) bond motifs is 6. The lowest BCUT2D eigenvalue weighted by molar-refractivity contribution is 0.669. The quantitative estimate of drug-likeness (QED) is 0.129. The van der Waals surface area contributed by atoms with Crippen molar-refractivity contribution in [2.45, 2.75) is 6.92 Å². The fourth-order valence-corrected chi connectivity index (χ4v) is 7.20. The highest BCUT2D eigenvalue weighted by molar-refractivity contribution is 6.26. The molecule has 9 aromatic rings. The van der Waals surface area contributed by atoms with Crippen LogP contribution >= 0.6 is 0 Å². The van der Waals surface area contributed by atoms with E-state index in [9.17, 15) is 0 Å². The molecule has 3 heteroatoms. The Kier molecular flexibility index (Phi) is 7.87. The van der Waals surface area contributed by atoms with Crippen molar-refractivity contribution in [3.05, 3.63) is 199 Å². The Morgan fingerprint density at radius 1 is 0.462 bits per heavy atom. The summed E-state index contributed by atoms with van der Waals surface area (Å²) >= 11 is 0. The smallest absolute Gasteiger partial charge is 0.160 e. The van der Waals surface area contributed by atoms with Gasteiger partial charge in [-0.15, -0.1) is 0 Å². The first-order valence-corrected chi connectivity index (χ1v) is 17.5. The summed E-state index contributed by atoms with van der Waals surface area (Å²) in [6.07, 6.45) is 0. The Hall–Kier alpha value is -6.84. The van der Waals surface area contributed by atoms with Gasteiger partial charge in [0.25, 0.3) is 0 Å². The van der Waals surface area contributed by atoms with E-state index in [0.29, 0.717) is 11.5 Å². The fourth-order valence-electron chi connectivity index (χ4n) is 7.20. The van der Waals surface area contributed by atoms with Crippen molar-refractivity contribution < 1.29 is 4.42 Å². The van der Waals surface area contributed by atoms with Gasteiger partial charge in [0.05, 0.1) is 5.70 Å². The van der Waals surface area contributed by atoms with Crippen LogP contribution in [0.2, 0.25) is 0 Å². The van der Waals surface area contributed by atoms with Crippen LogP contribution < -0.4 is 0 Å². The molecule has 0 bridgehead atoms. The number of aliphatic imine (C=N–C) groups is 2. The topological polar surface area (TPSA) is 37.9 Å². The molecule has 0 unspecified atom stereocenters. The Labute approximate surface area is 302 Å². The number of nitrogens with zero attached hydrogens (tertiary/aromatic N) is 2. The largest absolute Gasteiger partial charge is 0.456 e. The molecule has 0 spiro atoms. The van der Waals surface area contributed by atoms with Gasteiger partial charge in [-0.25, -0.2) is 9.98 Å². The minimum absolute atomic E-state index is 0.575. The van der Waals surface area contributed by atoms with E-state index in [1.54, 1.807) is 0 Å². The van der Waals surface area contributed by atoms with Gasteiger partial charge in [-0.3, -0.25) is 0 Å². The van der Waals surface area contributed by atoms with Crippen molar-refractivity contribution >= 4 is 60.7 Å². The molecule has 1 aromatic heterocycles. The molecule has 0 saturated heterocycles. The van der Waals surface area contributed by atoms with E-state index in [0.717, 1.165) is 77.0 Å². The molecule has 0 aliphatic carbocycles. The molecule has 0 aliphatic rings. The third-order valence-electron chi connectivity index (χ3n) is 9.85. The Bertz CT molecular complexity index is 2840. The van der Waals surface area contributed by atoms with Crippen LogP contribution in [-0.4, -0.2) is 11.5 Å². The highest BCUT2D eigenvalue weighted by Crippen LogP contribution is 2.39. The molecule has 246 valence electrons. The van der Waals surface area contributed by atoms with Gasteiger partial charge in [-0.05, 0) is 74.5 Å². The zero-order valence-corrected chi connectivity index (χ0v) is 28.8. The third kappa shape index (κ3) is 5.69. The standard InChI is InChI=1S/C49H34N2O/c1-32(34-24-26-37(27-25-34)35-14-5-3-6-15-35)50-49(51-33(2)40-23-13-19-38-18-9-10-20-41(38)40)44-31-47-48(43-22-12-11-21-42(43)44)45-30-39(28-29-46(45)52-47)36-16-7-4-8-17-36/h3-31H,2H2,1H3. The van der Waals surface area contributed by atoms with Gasteiger partial charge < -0.3 is 4.42 Å². The van der Waals surface area contributed by atoms with Crippen molar-refractivity contribution in [3.63, 3.8) is 0 Å². The first-order chi connectivity index (χ1) is 25.6. The summed E-state index contributed by atoms with van der Waals surface area (Å²) in [4.78, 5) is 10.5. The van der Waals surface area contributed by atoms with Gasteiger partial charge in [0.2, 0.25) is 0 Å². The van der Waals surface area contributed by atoms with Crippen molar-refractivity contribution in [2.75, 3.05) is 0 Å². The molecule has 0 fully saturated rings. The normalized spacial score (nSPS) is 12.2. The number of hydrogen-bond acceptors (Lipinski definition) is 2. The van der Waals surface area contributed by atoms with Crippen molar-refractivity contribution in [3.8, 4) is 22.3 Å². The number of hydrogen-bond donors (Lipinski definition) is 0. The molecule has 0 saturated carbocycles. The number of benzene rings is 8. The molecule has 0 N–H and O–H groups in total. The Morgan fingerprint density at radius 2 is 1.06 bits per heavy atom. The second-order valence-corrected chi connectivity index (χ2v) is 13.1. The predicted octanol–water partition coefficient (Wildman–Crippen LogP) is 13.2. The van der Waals surface area contributed by atoms with Crippen LogP contribution in [0.25, 0.3) is 71.4 Å². The van der Waals surface area contributed by atoms with Crippen LogP contribution in [0, 0.1) is 0 Å². The monoisotopic (exact) mass is 666 g/mol. The summed E-state index contributed by atoms with van der Waals surface area (Å²) in [5.74, 6) is 0.575. The van der Waals surface area contributed by atoms with Crippen LogP contribution in [0.4, 0.5) is 0 Å². The van der Waals surface area contributed by atoms with Gasteiger partial charge in [0, 0.05) is 27.6 Å². The van der Waals surface area contributed by atoms with Gasteiger partial charge in [0.1, 0.15) is 11.2 Å². The Balaban J connectivity index is 1.24. The number of rotatable bonds is 6. The van der Waals surface area contributed by atoms with Crippen LogP contribution in [-0.2, 0) is 0 Å². The first kappa shape index (κ1) is 31.2. The maximum Gasteiger partial charge on any atom is 0.160 e. The lowest BCUT2D eigenvalue weighted by Crippen LogP contribution is -2.05. The van der Waals surface area contributed by atoms with E-state index in [1.807, 2.05) is 19.1 Å². The summed E-state index contributed by atoms with van der Waals surface area (Å²) in [6, 6.07) is 61.0. The molecule has 0 aliphatic heterocycles. The van der Waals surface area contributed by atoms with Gasteiger partial charge in [0.15, 0.2) is 5.84 Å². The van der Waals surface area contributed by atoms with E-state index in [4.69, 9.17) is 14.4 Å². The molecule has 9 rings (SSSR count). The maximum atomic E-state index is 6.61. The van der Waals surface area contributed by atoms with Crippen LogP contribution in [0.5, 0.6) is 0 Å². The molecule has 0 atom stereocenters. The second kappa shape index (κ2) is 13.1. The Morgan fingerprint density at radius 3 is 1.81 bits per heavy atom. The van der Waals surface area contributed by atoms with Gasteiger partial charge >= 0.3 is 0 Å². The fraction of sp³-hybridized carbons (Fsp3) is 0.0204. The van der Waals surface area contributed by atoms with Gasteiger partial charge in [-0.1, -0.05) is 164 Å². The minimum atomic E-state index is 0.575. The van der Waals surface area contributed by atoms with Crippen LogP contribution in [0.3, 0.4) is 0 Å². The predicted molar refractivity (Wildman–Crippen MR) is 220 cm³/mol. The van der Waals surface area contributed by atoms with Crippen LogP contribution in [0.1, 0.15) is 23.6 Å².